The van der Waals surface area contributed by atoms with E-state index in [1.165, 1.54) is 0 Å². The number of hydrogen-bond acceptors (Lipinski definition) is 0. The van der Waals surface area contributed by atoms with Gasteiger partial charge in [0.05, 0.1) is 14.1 Å². The normalized spacial score (nSPS) is 10.2. The summed E-state index contributed by atoms with van der Waals surface area (Å²) in [5.74, 6) is 0.628. The van der Waals surface area contributed by atoms with Crippen LogP contribution in [-0.2, 0) is 0 Å². The third-order valence-corrected chi connectivity index (χ3v) is 1.74. The van der Waals surface area contributed by atoms with Gasteiger partial charge in [-0.2, -0.15) is 0 Å². The summed E-state index contributed by atoms with van der Waals surface area (Å²) in [6.07, 6.45) is 0. The summed E-state index contributed by atoms with van der Waals surface area (Å²) in [6, 6.07) is 9.55. The van der Waals surface area contributed by atoms with Gasteiger partial charge in [0.15, 0.2) is 0 Å². The summed E-state index contributed by atoms with van der Waals surface area (Å²) in [7, 11) is 3.60. The molecule has 0 atom stereocenters. The average Bonchev–Trinajstić information content (AvgIpc) is 2.18. The first-order valence-corrected chi connectivity index (χ1v) is 4.55. The van der Waals surface area contributed by atoms with Crippen LogP contribution in [0.1, 0.15) is 0 Å². The third-order valence-electron chi connectivity index (χ3n) is 1.74. The molecule has 0 aliphatic heterocycles. The lowest BCUT2D eigenvalue weighted by Crippen LogP contribution is -3.00. The Hall–Kier alpha value is -1.56. The summed E-state index contributed by atoms with van der Waals surface area (Å²) < 4.78 is 1.68. The van der Waals surface area contributed by atoms with Crippen molar-refractivity contribution in [2.24, 2.45) is 16.5 Å². The lowest BCUT2D eigenvalue weighted by atomic mass is 10.3. The zero-order valence-corrected chi connectivity index (χ0v) is 10.9. The lowest BCUT2D eigenvalue weighted by Gasteiger charge is -2.01. The van der Waals surface area contributed by atoms with Crippen LogP contribution < -0.4 is 33.8 Å². The molecule has 0 bridgehead atoms. The molecule has 0 amide bonds. The van der Waals surface area contributed by atoms with Crippen molar-refractivity contribution in [1.82, 2.24) is 0 Å². The van der Waals surface area contributed by atoms with E-state index in [0.29, 0.717) is 5.96 Å². The Morgan fingerprint density at radius 3 is 2.25 bits per heavy atom. The molecule has 1 aromatic rings. The van der Waals surface area contributed by atoms with E-state index in [0.717, 1.165) is 5.69 Å². The second kappa shape index (κ2) is 6.84. The molecule has 5 nitrogen and oxygen atoms in total. The summed E-state index contributed by atoms with van der Waals surface area (Å²) >= 11 is 0. The first kappa shape index (κ1) is 14.4. The van der Waals surface area contributed by atoms with Gasteiger partial charge >= 0.3 is 5.96 Å². The van der Waals surface area contributed by atoms with E-state index in [1.807, 2.05) is 30.3 Å². The second-order valence-corrected chi connectivity index (χ2v) is 3.24. The fourth-order valence-corrected chi connectivity index (χ4v) is 0.921. The van der Waals surface area contributed by atoms with Gasteiger partial charge in [0.25, 0.3) is 5.96 Å². The molecule has 0 aliphatic rings. The van der Waals surface area contributed by atoms with E-state index in [1.54, 1.807) is 18.7 Å². The molecule has 0 fully saturated rings. The van der Waals surface area contributed by atoms with E-state index in [4.69, 9.17) is 11.5 Å². The van der Waals surface area contributed by atoms with Crippen LogP contribution in [-0.4, -0.2) is 30.6 Å². The fourth-order valence-electron chi connectivity index (χ4n) is 0.921. The highest BCUT2D eigenvalue weighted by molar-refractivity contribution is 5.99. The van der Waals surface area contributed by atoms with Crippen molar-refractivity contribution in [2.45, 2.75) is 0 Å². The highest BCUT2D eigenvalue weighted by atomic mass is 79.9. The summed E-state index contributed by atoms with van der Waals surface area (Å²) in [5, 5.41) is 2.93. The quantitative estimate of drug-likeness (QED) is 0.292. The molecule has 6 heteroatoms. The second-order valence-electron chi connectivity index (χ2n) is 3.24. The summed E-state index contributed by atoms with van der Waals surface area (Å²) in [4.78, 5) is 3.98. The van der Waals surface area contributed by atoms with Gasteiger partial charge in [-0.05, 0) is 17.1 Å². The van der Waals surface area contributed by atoms with Gasteiger partial charge in [0.2, 0.25) is 0 Å². The molecule has 0 spiro atoms. The number of halogens is 1. The van der Waals surface area contributed by atoms with E-state index < -0.39 is 0 Å². The van der Waals surface area contributed by atoms with Crippen LogP contribution in [0.25, 0.3) is 0 Å². The van der Waals surface area contributed by atoms with Gasteiger partial charge in [-0.1, -0.05) is 18.2 Å². The molecule has 1 rings (SSSR count). The van der Waals surface area contributed by atoms with Crippen LogP contribution in [0.3, 0.4) is 0 Å². The number of guanidine groups is 2. The lowest BCUT2D eigenvalue weighted by molar-refractivity contribution is -0.466. The van der Waals surface area contributed by atoms with E-state index >= 15 is 0 Å². The highest BCUT2D eigenvalue weighted by Gasteiger charge is 2.02. The van der Waals surface area contributed by atoms with Crippen LogP contribution in [0.5, 0.6) is 0 Å². The van der Waals surface area contributed by atoms with Crippen molar-refractivity contribution >= 4 is 17.6 Å². The van der Waals surface area contributed by atoms with Crippen LogP contribution in [0.4, 0.5) is 5.69 Å². The third kappa shape index (κ3) is 4.79. The first-order valence-electron chi connectivity index (χ1n) is 4.55. The maximum atomic E-state index is 5.66. The Morgan fingerprint density at radius 2 is 1.75 bits per heavy atom. The van der Waals surface area contributed by atoms with Gasteiger partial charge in [0.1, 0.15) is 0 Å². The predicted octanol–water partition coefficient (Wildman–Crippen LogP) is -3.00. The molecule has 88 valence electrons. The van der Waals surface area contributed by atoms with Crippen molar-refractivity contribution in [3.05, 3.63) is 30.3 Å². The van der Waals surface area contributed by atoms with Gasteiger partial charge in [0, 0.05) is 5.69 Å². The van der Waals surface area contributed by atoms with E-state index in [2.05, 4.69) is 10.3 Å². The minimum Gasteiger partial charge on any atom is -1.00 e. The zero-order valence-electron chi connectivity index (χ0n) is 9.31. The number of hydrogen-bond donors (Lipinski definition) is 3. The van der Waals surface area contributed by atoms with Crippen LogP contribution in [0.15, 0.2) is 35.3 Å². The maximum absolute atomic E-state index is 5.66. The van der Waals surface area contributed by atoms with E-state index in [9.17, 15) is 0 Å². The van der Waals surface area contributed by atoms with Gasteiger partial charge < -0.3 is 28.0 Å². The maximum Gasteiger partial charge on any atom is 0.387 e. The average molecular weight is 286 g/mol. The highest BCUT2D eigenvalue weighted by Crippen LogP contribution is 2.03. The molecule has 1 aromatic carbocycles. The Labute approximate surface area is 106 Å². The molecule has 0 radical (unpaired) electrons. The van der Waals surface area contributed by atoms with Crippen molar-refractivity contribution in [2.75, 3.05) is 19.4 Å². The molecule has 0 unspecified atom stereocenters. The smallest absolute Gasteiger partial charge is 0.387 e. The Morgan fingerprint density at radius 1 is 1.19 bits per heavy atom. The standard InChI is InChI=1S/C10H15N5.BrH/c1-15(2)10(12)14-9(11)13-8-6-4-3-5-7-8;/h3-7H,1-2H3,(H4,11,12,13,14);1H. The molecule has 16 heavy (non-hydrogen) atoms. The number of aliphatic imine (C=N–C) groups is 1. The Bertz CT molecular complexity index is 381. The van der Waals surface area contributed by atoms with Crippen LogP contribution >= 0.6 is 0 Å². The molecular weight excluding hydrogens is 270 g/mol. The van der Waals surface area contributed by atoms with Crippen molar-refractivity contribution < 1.29 is 21.6 Å². The van der Waals surface area contributed by atoms with E-state index in [-0.39, 0.29) is 22.9 Å². The van der Waals surface area contributed by atoms with Gasteiger partial charge in [-0.3, -0.25) is 10.3 Å². The Balaban J connectivity index is 0.00000225. The minimum atomic E-state index is 0. The number of nitrogens with one attached hydrogen (secondary N) is 1. The molecule has 0 aromatic heterocycles. The van der Waals surface area contributed by atoms with Crippen LogP contribution in [0, 0.1) is 0 Å². The molecule has 0 aliphatic carbocycles. The summed E-state index contributed by atoms with van der Waals surface area (Å²) in [5.41, 5.74) is 12.1. The molecule has 0 heterocycles. The van der Waals surface area contributed by atoms with Crippen LogP contribution in [0.2, 0.25) is 0 Å². The number of nitrogens with zero attached hydrogens (tertiary/aromatic N) is 2. The van der Waals surface area contributed by atoms with Gasteiger partial charge in [-0.15, -0.1) is 0 Å². The van der Waals surface area contributed by atoms with Crippen molar-refractivity contribution in [1.29, 1.82) is 0 Å². The number of anilines is 1. The fraction of sp³-hybridized carbons (Fsp3) is 0.200. The molecule has 5 N–H and O–H groups in total. The first-order chi connectivity index (χ1) is 7.09. The summed E-state index contributed by atoms with van der Waals surface area (Å²) in [6.45, 7) is 0. The monoisotopic (exact) mass is 285 g/mol. The molecular formula is C10H16BrN5. The SMILES string of the molecule is C[N+](C)=C(N)/N=C(\N)Nc1ccccc1.[Br-]. The minimum absolute atomic E-state index is 0. The van der Waals surface area contributed by atoms with Crippen molar-refractivity contribution in [3.8, 4) is 0 Å². The molecule has 0 saturated heterocycles. The topological polar surface area (TPSA) is 79.4 Å². The van der Waals surface area contributed by atoms with Gasteiger partial charge in [-0.25, -0.2) is 0 Å². The number of benzene rings is 1. The number of nitrogens with two attached hydrogens (primary N) is 2. The largest absolute Gasteiger partial charge is 1.00 e. The Kier molecular flexibility index (Phi) is 6.17. The number of rotatable bonds is 1. The number of para-hydroxylation sites is 1. The van der Waals surface area contributed by atoms with Crippen molar-refractivity contribution in [3.63, 3.8) is 0 Å². The molecule has 0 saturated carbocycles. The zero-order chi connectivity index (χ0) is 11.3. The predicted molar refractivity (Wildman–Crippen MR) is 63.0 cm³/mol.